The fraction of sp³-hybridized carbons (Fsp3) is 0.692. The van der Waals surface area contributed by atoms with Gasteiger partial charge in [0.25, 0.3) is 0 Å². The van der Waals surface area contributed by atoms with Gasteiger partial charge in [0.05, 0.1) is 31.5 Å². The fourth-order valence-corrected chi connectivity index (χ4v) is 4.33. The van der Waals surface area contributed by atoms with E-state index in [9.17, 15) is 9.36 Å². The maximum atomic E-state index is 12.3. The molecule has 0 radical (unpaired) electrons. The zero-order chi connectivity index (χ0) is 15.5. The summed E-state index contributed by atoms with van der Waals surface area (Å²) in [6, 6.07) is 0. The van der Waals surface area contributed by atoms with Gasteiger partial charge >= 0.3 is 13.6 Å². The molecule has 0 unspecified atom stereocenters. The van der Waals surface area contributed by atoms with E-state index in [0.717, 1.165) is 6.42 Å². The third kappa shape index (κ3) is 5.51. The minimum atomic E-state index is -3.06. The molecule has 6 nitrogen and oxygen atoms in total. The molecular weight excluding hydrogens is 313 g/mol. The lowest BCUT2D eigenvalue weighted by atomic mass is 10.2. The molecule has 1 fully saturated rings. The highest BCUT2D eigenvalue weighted by Gasteiger charge is 2.29. The van der Waals surface area contributed by atoms with Crippen LogP contribution in [0, 0.1) is 0 Å². The molecule has 118 valence electrons. The predicted octanol–water partition coefficient (Wildman–Crippen LogP) is 3.16. The number of hydrogen-bond acceptors (Lipinski definition) is 7. The van der Waals surface area contributed by atoms with Crippen molar-refractivity contribution in [2.75, 3.05) is 13.2 Å². The molecule has 0 saturated carbocycles. The molecule has 0 atom stereocenters. The molecule has 0 spiro atoms. The van der Waals surface area contributed by atoms with E-state index >= 15 is 0 Å². The fourth-order valence-electron chi connectivity index (χ4n) is 1.80. The Labute approximate surface area is 128 Å². The number of aromatic nitrogens is 1. The molecule has 1 aliphatic rings. The Bertz CT molecular complexity index is 541. The first kappa shape index (κ1) is 16.6. The van der Waals surface area contributed by atoms with Crippen molar-refractivity contribution in [2.24, 2.45) is 0 Å². The molecule has 1 saturated heterocycles. The highest BCUT2D eigenvalue weighted by molar-refractivity contribution is 7.53. The van der Waals surface area contributed by atoms with Crippen molar-refractivity contribution in [3.05, 3.63) is 16.1 Å². The van der Waals surface area contributed by atoms with E-state index in [1.54, 1.807) is 5.38 Å². The van der Waals surface area contributed by atoms with E-state index in [1.165, 1.54) is 11.3 Å². The van der Waals surface area contributed by atoms with Crippen LogP contribution in [-0.4, -0.2) is 29.8 Å². The molecule has 1 aromatic rings. The molecule has 8 heteroatoms. The Balaban J connectivity index is 1.92. The quantitative estimate of drug-likeness (QED) is 0.622. The minimum absolute atomic E-state index is 0.119. The molecule has 21 heavy (non-hydrogen) atoms. The Hall–Kier alpha value is -0.750. The second kappa shape index (κ2) is 6.57. The molecule has 1 aliphatic heterocycles. The molecular formula is C13H20NO5PS. The van der Waals surface area contributed by atoms with Crippen LogP contribution in [0.15, 0.2) is 5.38 Å². The lowest BCUT2D eigenvalue weighted by Gasteiger charge is -2.22. The van der Waals surface area contributed by atoms with E-state index in [4.69, 9.17) is 13.8 Å². The maximum Gasteiger partial charge on any atom is 0.336 e. The molecule has 1 aromatic heterocycles. The molecule has 0 aromatic carbocycles. The average molecular weight is 333 g/mol. The molecule has 2 heterocycles. The summed E-state index contributed by atoms with van der Waals surface area (Å²) in [4.78, 5) is 16.0. The number of esters is 1. The van der Waals surface area contributed by atoms with Gasteiger partial charge in [-0.3, -0.25) is 9.36 Å². The van der Waals surface area contributed by atoms with E-state index in [2.05, 4.69) is 4.98 Å². The zero-order valence-electron chi connectivity index (χ0n) is 12.5. The summed E-state index contributed by atoms with van der Waals surface area (Å²) in [6.07, 6.45) is 1.02. The van der Waals surface area contributed by atoms with Gasteiger partial charge in [-0.15, -0.1) is 11.3 Å². The summed E-state index contributed by atoms with van der Waals surface area (Å²) in [5.74, 6) is -0.319. The van der Waals surface area contributed by atoms with E-state index < -0.39 is 13.2 Å². The molecule has 2 rings (SSSR count). The first-order valence-electron chi connectivity index (χ1n) is 6.79. The second-order valence-electron chi connectivity index (χ2n) is 5.78. The first-order valence-corrected chi connectivity index (χ1v) is 9.40. The number of rotatable bonds is 4. The van der Waals surface area contributed by atoms with E-state index in [0.29, 0.717) is 23.9 Å². The van der Waals surface area contributed by atoms with Crippen molar-refractivity contribution < 1.29 is 23.1 Å². The maximum absolute atomic E-state index is 12.3. The van der Waals surface area contributed by atoms with Gasteiger partial charge in [-0.05, 0) is 27.2 Å². The Morgan fingerprint density at radius 3 is 2.71 bits per heavy atom. The van der Waals surface area contributed by atoms with Gasteiger partial charge in [-0.2, -0.15) is 0 Å². The summed E-state index contributed by atoms with van der Waals surface area (Å²) < 4.78 is 28.0. The van der Waals surface area contributed by atoms with Crippen LogP contribution >= 0.6 is 18.9 Å². The summed E-state index contributed by atoms with van der Waals surface area (Å²) in [6.45, 7) is 6.36. The molecule has 0 aliphatic carbocycles. The van der Waals surface area contributed by atoms with Crippen LogP contribution in [0.1, 0.15) is 37.9 Å². The van der Waals surface area contributed by atoms with Gasteiger partial charge < -0.3 is 13.8 Å². The Morgan fingerprint density at radius 1 is 1.43 bits per heavy atom. The van der Waals surface area contributed by atoms with Crippen LogP contribution < -0.4 is 0 Å². The third-order valence-electron chi connectivity index (χ3n) is 2.54. The highest BCUT2D eigenvalue weighted by Crippen LogP contribution is 2.53. The van der Waals surface area contributed by atoms with Crippen molar-refractivity contribution in [3.63, 3.8) is 0 Å². The standard InChI is InChI=1S/C13H20NO5PS/c1-13(2,3)19-12(15)7-11-14-10(9-21-11)8-20(16)17-5-4-6-18-20/h9H,4-8H2,1-3H3. The number of hydrogen-bond donors (Lipinski definition) is 0. The second-order valence-corrected chi connectivity index (χ2v) is 8.78. The van der Waals surface area contributed by atoms with Crippen LogP contribution in [-0.2, 0) is 35.7 Å². The number of nitrogens with zero attached hydrogens (tertiary/aromatic N) is 1. The van der Waals surface area contributed by atoms with E-state index in [-0.39, 0.29) is 18.6 Å². The summed E-state index contributed by atoms with van der Waals surface area (Å²) in [5.41, 5.74) is 0.120. The Morgan fingerprint density at radius 2 is 2.10 bits per heavy atom. The van der Waals surface area contributed by atoms with Crippen molar-refractivity contribution in [3.8, 4) is 0 Å². The number of ether oxygens (including phenoxy) is 1. The minimum Gasteiger partial charge on any atom is -0.460 e. The van der Waals surface area contributed by atoms with Crippen LogP contribution in [0.3, 0.4) is 0 Å². The van der Waals surface area contributed by atoms with Crippen molar-refractivity contribution >= 4 is 24.9 Å². The number of carbonyl (C=O) groups excluding carboxylic acids is 1. The van der Waals surface area contributed by atoms with Crippen LogP contribution in [0.5, 0.6) is 0 Å². The lowest BCUT2D eigenvalue weighted by Crippen LogP contribution is -2.24. The van der Waals surface area contributed by atoms with Gasteiger partial charge in [-0.1, -0.05) is 0 Å². The van der Waals surface area contributed by atoms with Crippen LogP contribution in [0.2, 0.25) is 0 Å². The van der Waals surface area contributed by atoms with Gasteiger partial charge in [0.1, 0.15) is 10.6 Å². The smallest absolute Gasteiger partial charge is 0.336 e. The van der Waals surface area contributed by atoms with Crippen molar-refractivity contribution in [2.45, 2.75) is 45.4 Å². The topological polar surface area (TPSA) is 74.7 Å². The normalized spacial score (nSPS) is 18.4. The largest absolute Gasteiger partial charge is 0.460 e. The first-order chi connectivity index (χ1) is 9.76. The summed E-state index contributed by atoms with van der Waals surface area (Å²) >= 11 is 1.35. The number of carbonyl (C=O) groups is 1. The van der Waals surface area contributed by atoms with Crippen LogP contribution in [0.4, 0.5) is 0 Å². The third-order valence-corrected chi connectivity index (χ3v) is 5.30. The van der Waals surface area contributed by atoms with Gasteiger partial charge in [0, 0.05) is 5.38 Å². The van der Waals surface area contributed by atoms with Crippen LogP contribution in [0.25, 0.3) is 0 Å². The molecule has 0 bridgehead atoms. The lowest BCUT2D eigenvalue weighted by molar-refractivity contribution is -0.153. The highest BCUT2D eigenvalue weighted by atomic mass is 32.1. The SMILES string of the molecule is CC(C)(C)OC(=O)Cc1nc(CP2(=O)OCCCO2)cs1. The molecule has 0 amide bonds. The van der Waals surface area contributed by atoms with Gasteiger partial charge in [-0.25, -0.2) is 4.98 Å². The summed E-state index contributed by atoms with van der Waals surface area (Å²) in [5, 5.41) is 2.42. The van der Waals surface area contributed by atoms with Crippen molar-refractivity contribution in [1.82, 2.24) is 4.98 Å². The molecule has 0 N–H and O–H groups in total. The predicted molar refractivity (Wildman–Crippen MR) is 79.5 cm³/mol. The summed E-state index contributed by atoms with van der Waals surface area (Å²) in [7, 11) is -3.06. The average Bonchev–Trinajstić information content (AvgIpc) is 2.73. The monoisotopic (exact) mass is 333 g/mol. The number of thiazole rings is 1. The Kier molecular flexibility index (Phi) is 5.20. The van der Waals surface area contributed by atoms with Gasteiger partial charge in [0.15, 0.2) is 0 Å². The zero-order valence-corrected chi connectivity index (χ0v) is 14.2. The van der Waals surface area contributed by atoms with Gasteiger partial charge in [0.2, 0.25) is 0 Å². The van der Waals surface area contributed by atoms with Crippen molar-refractivity contribution in [1.29, 1.82) is 0 Å². The van der Waals surface area contributed by atoms with E-state index in [1.807, 2.05) is 20.8 Å².